The summed E-state index contributed by atoms with van der Waals surface area (Å²) in [6.07, 6.45) is 2.27. The number of benzene rings is 2. The lowest BCUT2D eigenvalue weighted by molar-refractivity contribution is -0.120. The molecule has 0 bridgehead atoms. The minimum absolute atomic E-state index is 0.0330. The zero-order valence-corrected chi connectivity index (χ0v) is 16.8. The van der Waals surface area contributed by atoms with Gasteiger partial charge in [0, 0.05) is 34.4 Å². The summed E-state index contributed by atoms with van der Waals surface area (Å²) in [7, 11) is 1.64. The molecule has 0 spiro atoms. The lowest BCUT2D eigenvalue weighted by Crippen LogP contribution is -2.24. The molecular weight excluding hydrogens is 394 g/mol. The van der Waals surface area contributed by atoms with E-state index in [1.54, 1.807) is 7.11 Å². The molecule has 142 valence electrons. The average Bonchev–Trinajstić information content (AvgIpc) is 3.30. The Kier molecular flexibility index (Phi) is 5.32. The van der Waals surface area contributed by atoms with E-state index >= 15 is 0 Å². The van der Waals surface area contributed by atoms with Crippen LogP contribution in [0.5, 0.6) is 5.75 Å². The van der Waals surface area contributed by atoms with Gasteiger partial charge in [0.05, 0.1) is 19.2 Å². The van der Waals surface area contributed by atoms with Crippen LogP contribution < -0.4 is 10.1 Å². The second-order valence-corrected chi connectivity index (χ2v) is 7.59. The number of carbonyl (C=O) groups excluding carboxylic acids is 1. The number of ether oxygens (including phenoxy) is 1. The van der Waals surface area contributed by atoms with Crippen molar-refractivity contribution >= 4 is 33.8 Å². The van der Waals surface area contributed by atoms with E-state index < -0.39 is 0 Å². The van der Waals surface area contributed by atoms with Gasteiger partial charge in [-0.1, -0.05) is 23.7 Å². The van der Waals surface area contributed by atoms with Crippen LogP contribution in [0.4, 0.5) is 0 Å². The molecule has 0 aliphatic carbocycles. The van der Waals surface area contributed by atoms with Gasteiger partial charge in [0.1, 0.15) is 5.75 Å². The van der Waals surface area contributed by atoms with Gasteiger partial charge in [-0.25, -0.2) is 4.98 Å². The minimum atomic E-state index is -0.0330. The number of methoxy groups -OCH3 is 1. The number of hydrogen-bond acceptors (Lipinski definition) is 4. The van der Waals surface area contributed by atoms with E-state index in [1.807, 2.05) is 64.5 Å². The van der Waals surface area contributed by atoms with Gasteiger partial charge in [-0.05, 0) is 42.0 Å². The molecule has 7 heteroatoms. The van der Waals surface area contributed by atoms with E-state index in [1.165, 1.54) is 11.3 Å². The smallest absolute Gasteiger partial charge is 0.226 e. The first-order valence-electron chi connectivity index (χ1n) is 8.73. The minimum Gasteiger partial charge on any atom is -0.497 e. The molecule has 4 rings (SSSR count). The molecule has 2 aromatic carbocycles. The highest BCUT2D eigenvalue weighted by Crippen LogP contribution is 2.25. The largest absolute Gasteiger partial charge is 0.497 e. The molecule has 0 aliphatic rings. The Hall–Kier alpha value is -2.83. The van der Waals surface area contributed by atoms with E-state index in [9.17, 15) is 4.79 Å². The van der Waals surface area contributed by atoms with Crippen molar-refractivity contribution in [3.8, 4) is 17.0 Å². The van der Waals surface area contributed by atoms with Crippen LogP contribution in [-0.2, 0) is 17.8 Å². The first-order valence-corrected chi connectivity index (χ1v) is 9.99. The summed E-state index contributed by atoms with van der Waals surface area (Å²) >= 11 is 7.41. The van der Waals surface area contributed by atoms with Crippen LogP contribution in [0.2, 0.25) is 5.02 Å². The van der Waals surface area contributed by atoms with Gasteiger partial charge >= 0.3 is 0 Å². The Balaban J connectivity index is 1.45. The third-order valence-electron chi connectivity index (χ3n) is 4.41. The molecule has 0 atom stereocenters. The Morgan fingerprint density at radius 3 is 2.64 bits per heavy atom. The van der Waals surface area contributed by atoms with Crippen molar-refractivity contribution < 1.29 is 9.53 Å². The summed E-state index contributed by atoms with van der Waals surface area (Å²) in [6, 6.07) is 15.2. The molecule has 0 unspecified atom stereocenters. The van der Waals surface area contributed by atoms with Crippen molar-refractivity contribution in [2.45, 2.75) is 13.0 Å². The van der Waals surface area contributed by atoms with Gasteiger partial charge in [-0.15, -0.1) is 11.3 Å². The summed E-state index contributed by atoms with van der Waals surface area (Å²) in [5.74, 6) is 0.775. The summed E-state index contributed by atoms with van der Waals surface area (Å²) in [6.45, 7) is 0.476. The maximum atomic E-state index is 12.4. The second-order valence-electron chi connectivity index (χ2n) is 6.31. The molecule has 5 nitrogen and oxygen atoms in total. The number of amides is 1. The van der Waals surface area contributed by atoms with E-state index in [2.05, 4.69) is 10.3 Å². The lowest BCUT2D eigenvalue weighted by Gasteiger charge is -2.05. The molecule has 1 amide bonds. The highest BCUT2D eigenvalue weighted by Gasteiger charge is 2.12. The third-order valence-corrected chi connectivity index (χ3v) is 5.55. The topological polar surface area (TPSA) is 55.6 Å². The number of nitrogens with one attached hydrogen (secondary N) is 1. The fourth-order valence-corrected chi connectivity index (χ4v) is 3.89. The number of carbonyl (C=O) groups is 1. The first-order chi connectivity index (χ1) is 13.6. The van der Waals surface area contributed by atoms with Gasteiger partial charge < -0.3 is 10.1 Å². The monoisotopic (exact) mass is 411 g/mol. The fraction of sp³-hybridized carbons (Fsp3) is 0.143. The van der Waals surface area contributed by atoms with Crippen LogP contribution in [0.1, 0.15) is 11.3 Å². The summed E-state index contributed by atoms with van der Waals surface area (Å²) in [4.78, 5) is 17.9. The van der Waals surface area contributed by atoms with Crippen molar-refractivity contribution in [3.63, 3.8) is 0 Å². The average molecular weight is 412 g/mol. The molecule has 0 fully saturated rings. The molecule has 0 aliphatic heterocycles. The van der Waals surface area contributed by atoms with Gasteiger partial charge in [-0.3, -0.25) is 9.20 Å². The van der Waals surface area contributed by atoms with Gasteiger partial charge in [0.25, 0.3) is 0 Å². The van der Waals surface area contributed by atoms with Crippen molar-refractivity contribution in [2.75, 3.05) is 7.11 Å². The number of hydrogen-bond donors (Lipinski definition) is 1. The Morgan fingerprint density at radius 1 is 1.18 bits per heavy atom. The quantitative estimate of drug-likeness (QED) is 0.505. The Labute approximate surface area is 171 Å². The molecule has 1 N–H and O–H groups in total. The number of thiazole rings is 1. The maximum absolute atomic E-state index is 12.4. The SMILES string of the molecule is COc1ccc(-c2cn3c(CC(=O)NCc4ccc(Cl)cc4)csc3n2)cc1. The van der Waals surface area contributed by atoms with Crippen LogP contribution in [0.3, 0.4) is 0 Å². The number of nitrogens with zero attached hydrogens (tertiary/aromatic N) is 2. The first kappa shape index (κ1) is 18.5. The normalized spacial score (nSPS) is 10.9. The third kappa shape index (κ3) is 4.03. The summed E-state index contributed by atoms with van der Waals surface area (Å²) in [5, 5.41) is 5.61. The molecule has 28 heavy (non-hydrogen) atoms. The highest BCUT2D eigenvalue weighted by molar-refractivity contribution is 7.15. The molecular formula is C21H18ClN3O2S. The van der Waals surface area contributed by atoms with Gasteiger partial charge in [0.2, 0.25) is 5.91 Å². The molecule has 4 aromatic rings. The number of halogens is 1. The standard InChI is InChI=1S/C21H18ClN3O2S/c1-27-18-8-4-15(5-9-18)19-12-25-17(13-28-21(25)24-19)10-20(26)23-11-14-2-6-16(22)7-3-14/h2-9,12-13H,10-11H2,1H3,(H,23,26). The van der Waals surface area contributed by atoms with E-state index in [0.29, 0.717) is 18.0 Å². The molecule has 0 saturated carbocycles. The van der Waals surface area contributed by atoms with E-state index in [4.69, 9.17) is 16.3 Å². The molecule has 2 aromatic heterocycles. The van der Waals surface area contributed by atoms with E-state index in [-0.39, 0.29) is 5.91 Å². The van der Waals surface area contributed by atoms with Crippen LogP contribution >= 0.6 is 22.9 Å². The van der Waals surface area contributed by atoms with Crippen LogP contribution in [0.15, 0.2) is 60.1 Å². The van der Waals surface area contributed by atoms with Crippen molar-refractivity contribution in [2.24, 2.45) is 0 Å². The number of fused-ring (bicyclic) bond motifs is 1. The van der Waals surface area contributed by atoms with Crippen LogP contribution in [0.25, 0.3) is 16.2 Å². The van der Waals surface area contributed by atoms with Crippen molar-refractivity contribution in [1.29, 1.82) is 0 Å². The number of aromatic nitrogens is 2. The summed E-state index contributed by atoms with van der Waals surface area (Å²) < 4.78 is 7.18. The maximum Gasteiger partial charge on any atom is 0.226 e. The van der Waals surface area contributed by atoms with Gasteiger partial charge in [-0.2, -0.15) is 0 Å². The predicted octanol–water partition coefficient (Wildman–Crippen LogP) is 4.58. The van der Waals surface area contributed by atoms with Crippen molar-refractivity contribution in [1.82, 2.24) is 14.7 Å². The molecule has 2 heterocycles. The van der Waals surface area contributed by atoms with Crippen molar-refractivity contribution in [3.05, 3.63) is 76.4 Å². The fourth-order valence-electron chi connectivity index (χ4n) is 2.89. The van der Waals surface area contributed by atoms with Crippen LogP contribution in [-0.4, -0.2) is 22.4 Å². The zero-order chi connectivity index (χ0) is 19.5. The number of imidazole rings is 1. The number of rotatable bonds is 6. The highest BCUT2D eigenvalue weighted by atomic mass is 35.5. The zero-order valence-electron chi connectivity index (χ0n) is 15.2. The van der Waals surface area contributed by atoms with Crippen LogP contribution in [0, 0.1) is 0 Å². The van der Waals surface area contributed by atoms with E-state index in [0.717, 1.165) is 33.2 Å². The second kappa shape index (κ2) is 8.04. The summed E-state index contributed by atoms with van der Waals surface area (Å²) in [5.41, 5.74) is 3.81. The predicted molar refractivity (Wildman–Crippen MR) is 112 cm³/mol. The lowest BCUT2D eigenvalue weighted by atomic mass is 10.2. The van der Waals surface area contributed by atoms with Gasteiger partial charge in [0.15, 0.2) is 4.96 Å². The molecule has 0 saturated heterocycles. The molecule has 0 radical (unpaired) electrons. The Morgan fingerprint density at radius 2 is 1.93 bits per heavy atom. The Bertz CT molecular complexity index is 1100.